The number of carbonyl (C=O) groups excluding carboxylic acids is 2. The minimum absolute atomic E-state index is 0.0281. The molecule has 0 aliphatic rings. The number of rotatable bonds is 9. The molecule has 0 spiro atoms. The van der Waals surface area contributed by atoms with Crippen LogP contribution in [0.1, 0.15) is 37.0 Å². The predicted molar refractivity (Wildman–Crippen MR) is 104 cm³/mol. The van der Waals surface area contributed by atoms with Gasteiger partial charge in [-0.25, -0.2) is 0 Å². The number of nitro benzene ring substituents is 1. The molecular weight excluding hydrogens is 362 g/mol. The number of non-ortho nitro benzene ring substituents is 1. The fraction of sp³-hybridized carbons (Fsp3) is 0.300. The maximum absolute atomic E-state index is 12.5. The van der Waals surface area contributed by atoms with Crippen molar-refractivity contribution in [3.8, 4) is 11.5 Å². The van der Waals surface area contributed by atoms with Gasteiger partial charge in [0.15, 0.2) is 0 Å². The molecule has 2 aromatic rings. The Balaban J connectivity index is 2.10. The van der Waals surface area contributed by atoms with Gasteiger partial charge in [-0.05, 0) is 31.5 Å². The SMILES string of the molecule is CCC(C)NC(=O)CCNC(=O)c1cc([N+](=O)[O-])ccc1Oc1ccccc1. The molecule has 0 bridgehead atoms. The van der Waals surface area contributed by atoms with Crippen LogP contribution in [0.15, 0.2) is 48.5 Å². The quantitative estimate of drug-likeness (QED) is 0.507. The van der Waals surface area contributed by atoms with Crippen LogP contribution in [0.2, 0.25) is 0 Å². The van der Waals surface area contributed by atoms with Crippen molar-refractivity contribution in [2.24, 2.45) is 0 Å². The smallest absolute Gasteiger partial charge is 0.270 e. The topological polar surface area (TPSA) is 111 Å². The van der Waals surface area contributed by atoms with E-state index in [0.717, 1.165) is 12.5 Å². The van der Waals surface area contributed by atoms with Gasteiger partial charge in [0, 0.05) is 31.1 Å². The first kappa shape index (κ1) is 20.9. The number of nitro groups is 1. The van der Waals surface area contributed by atoms with Gasteiger partial charge >= 0.3 is 0 Å². The summed E-state index contributed by atoms with van der Waals surface area (Å²) in [5, 5.41) is 16.5. The van der Waals surface area contributed by atoms with Crippen LogP contribution in [0.5, 0.6) is 11.5 Å². The van der Waals surface area contributed by atoms with Gasteiger partial charge in [0.25, 0.3) is 11.6 Å². The maximum atomic E-state index is 12.5. The Bertz CT molecular complexity index is 839. The van der Waals surface area contributed by atoms with Gasteiger partial charge in [-0.15, -0.1) is 0 Å². The van der Waals surface area contributed by atoms with Crippen molar-refractivity contribution < 1.29 is 19.2 Å². The number of benzene rings is 2. The van der Waals surface area contributed by atoms with E-state index < -0.39 is 10.8 Å². The first-order valence-electron chi connectivity index (χ1n) is 8.99. The molecule has 0 heterocycles. The summed E-state index contributed by atoms with van der Waals surface area (Å²) >= 11 is 0. The highest BCUT2D eigenvalue weighted by molar-refractivity contribution is 5.98. The zero-order chi connectivity index (χ0) is 20.5. The van der Waals surface area contributed by atoms with Gasteiger partial charge in [0.1, 0.15) is 11.5 Å². The number of nitrogens with zero attached hydrogens (tertiary/aromatic N) is 1. The summed E-state index contributed by atoms with van der Waals surface area (Å²) in [6, 6.07) is 12.7. The standard InChI is InChI=1S/C20H23N3O5/c1-3-14(2)22-19(24)11-12-21-20(25)17-13-15(23(26)27)9-10-18(17)28-16-7-5-4-6-8-16/h4-10,13-14H,3,11-12H2,1-2H3,(H,21,25)(H,22,24). The second-order valence-electron chi connectivity index (χ2n) is 6.24. The van der Waals surface area contributed by atoms with Crippen molar-refractivity contribution in [1.29, 1.82) is 0 Å². The number of nitrogens with one attached hydrogen (secondary N) is 2. The Morgan fingerprint density at radius 2 is 1.89 bits per heavy atom. The summed E-state index contributed by atoms with van der Waals surface area (Å²) in [6.07, 6.45) is 0.922. The van der Waals surface area contributed by atoms with Gasteiger partial charge in [0.05, 0.1) is 10.5 Å². The highest BCUT2D eigenvalue weighted by atomic mass is 16.6. The summed E-state index contributed by atoms with van der Waals surface area (Å²) in [7, 11) is 0. The minimum Gasteiger partial charge on any atom is -0.457 e. The molecule has 0 aliphatic heterocycles. The molecule has 148 valence electrons. The Kier molecular flexibility index (Phi) is 7.50. The molecule has 28 heavy (non-hydrogen) atoms. The Morgan fingerprint density at radius 1 is 1.18 bits per heavy atom. The fourth-order valence-electron chi connectivity index (χ4n) is 2.35. The Hall–Kier alpha value is -3.42. The van der Waals surface area contributed by atoms with Crippen LogP contribution in [0.4, 0.5) is 5.69 Å². The van der Waals surface area contributed by atoms with E-state index in [0.29, 0.717) is 5.75 Å². The van der Waals surface area contributed by atoms with Crippen molar-refractivity contribution in [2.45, 2.75) is 32.7 Å². The summed E-state index contributed by atoms with van der Waals surface area (Å²) < 4.78 is 5.70. The summed E-state index contributed by atoms with van der Waals surface area (Å²) in [6.45, 7) is 3.96. The third-order valence-corrected chi connectivity index (χ3v) is 4.05. The minimum atomic E-state index is -0.581. The van der Waals surface area contributed by atoms with Crippen LogP contribution in [-0.2, 0) is 4.79 Å². The molecule has 0 radical (unpaired) electrons. The third kappa shape index (κ3) is 6.08. The number of amides is 2. The molecular formula is C20H23N3O5. The lowest BCUT2D eigenvalue weighted by molar-refractivity contribution is -0.384. The molecule has 8 heteroatoms. The summed E-state index contributed by atoms with van der Waals surface area (Å²) in [5.41, 5.74) is -0.194. The molecule has 0 saturated heterocycles. The van der Waals surface area contributed by atoms with E-state index in [1.54, 1.807) is 24.3 Å². The molecule has 0 aromatic heterocycles. The summed E-state index contributed by atoms with van der Waals surface area (Å²) in [4.78, 5) is 34.8. The maximum Gasteiger partial charge on any atom is 0.270 e. The molecule has 1 unspecified atom stereocenters. The monoisotopic (exact) mass is 385 g/mol. The van der Waals surface area contributed by atoms with Gasteiger partial charge in [0.2, 0.25) is 5.91 Å². The van der Waals surface area contributed by atoms with E-state index in [2.05, 4.69) is 10.6 Å². The number of carbonyl (C=O) groups is 2. The molecule has 2 amide bonds. The summed E-state index contributed by atoms with van der Waals surface area (Å²) in [5.74, 6) is -0.0305. The number of hydrogen-bond donors (Lipinski definition) is 2. The molecule has 0 aliphatic carbocycles. The second kappa shape index (κ2) is 10.1. The van der Waals surface area contributed by atoms with Gasteiger partial charge in [-0.1, -0.05) is 25.1 Å². The van der Waals surface area contributed by atoms with Gasteiger partial charge in [-0.2, -0.15) is 0 Å². The van der Waals surface area contributed by atoms with E-state index in [-0.39, 0.29) is 41.9 Å². The van der Waals surface area contributed by atoms with Crippen LogP contribution in [0, 0.1) is 10.1 Å². The molecule has 8 nitrogen and oxygen atoms in total. The lowest BCUT2D eigenvalue weighted by Crippen LogP contribution is -2.35. The van der Waals surface area contributed by atoms with Gasteiger partial charge < -0.3 is 15.4 Å². The normalized spacial score (nSPS) is 11.4. The molecule has 2 N–H and O–H groups in total. The van der Waals surface area contributed by atoms with Crippen LogP contribution in [0.25, 0.3) is 0 Å². The van der Waals surface area contributed by atoms with Crippen LogP contribution in [-0.4, -0.2) is 29.3 Å². The third-order valence-electron chi connectivity index (χ3n) is 4.05. The van der Waals surface area contributed by atoms with Crippen molar-refractivity contribution in [3.05, 3.63) is 64.2 Å². The highest BCUT2D eigenvalue weighted by Gasteiger charge is 2.18. The van der Waals surface area contributed by atoms with Gasteiger partial charge in [-0.3, -0.25) is 19.7 Å². The van der Waals surface area contributed by atoms with Crippen molar-refractivity contribution in [3.63, 3.8) is 0 Å². The number of para-hydroxylation sites is 1. The molecule has 0 saturated carbocycles. The van der Waals surface area contributed by atoms with Crippen LogP contribution >= 0.6 is 0 Å². The average Bonchev–Trinajstić information content (AvgIpc) is 2.68. The van der Waals surface area contributed by atoms with E-state index >= 15 is 0 Å². The molecule has 2 rings (SSSR count). The van der Waals surface area contributed by atoms with Crippen LogP contribution < -0.4 is 15.4 Å². The lowest BCUT2D eigenvalue weighted by atomic mass is 10.1. The number of ether oxygens (including phenoxy) is 1. The van der Waals surface area contributed by atoms with E-state index in [9.17, 15) is 19.7 Å². The predicted octanol–water partition coefficient (Wildman–Crippen LogP) is 3.42. The van der Waals surface area contributed by atoms with Crippen molar-refractivity contribution in [1.82, 2.24) is 10.6 Å². The van der Waals surface area contributed by atoms with Crippen molar-refractivity contribution >= 4 is 17.5 Å². The first-order valence-corrected chi connectivity index (χ1v) is 8.99. The van der Waals surface area contributed by atoms with Crippen molar-refractivity contribution in [2.75, 3.05) is 6.54 Å². The Labute approximate surface area is 163 Å². The van der Waals surface area contributed by atoms with E-state index in [4.69, 9.17) is 4.74 Å². The van der Waals surface area contributed by atoms with E-state index in [1.165, 1.54) is 12.1 Å². The molecule has 1 atom stereocenters. The lowest BCUT2D eigenvalue weighted by Gasteiger charge is -2.13. The Morgan fingerprint density at radius 3 is 2.54 bits per heavy atom. The first-order chi connectivity index (χ1) is 13.4. The molecule has 0 fully saturated rings. The number of hydrogen-bond acceptors (Lipinski definition) is 5. The van der Waals surface area contributed by atoms with E-state index in [1.807, 2.05) is 19.9 Å². The van der Waals surface area contributed by atoms with Crippen LogP contribution in [0.3, 0.4) is 0 Å². The largest absolute Gasteiger partial charge is 0.457 e. The highest BCUT2D eigenvalue weighted by Crippen LogP contribution is 2.28. The average molecular weight is 385 g/mol. The zero-order valence-corrected chi connectivity index (χ0v) is 15.8. The zero-order valence-electron chi connectivity index (χ0n) is 15.8. The molecule has 2 aromatic carbocycles. The second-order valence-corrected chi connectivity index (χ2v) is 6.24. The fourth-order valence-corrected chi connectivity index (χ4v) is 2.35.